The van der Waals surface area contributed by atoms with E-state index in [4.69, 9.17) is 27.9 Å². The van der Waals surface area contributed by atoms with Crippen LogP contribution in [0.4, 0.5) is 0 Å². The minimum absolute atomic E-state index is 0.153. The smallest absolute Gasteiger partial charge is 0.127 e. The summed E-state index contributed by atoms with van der Waals surface area (Å²) in [6.07, 6.45) is 7.30. The molecule has 0 spiro atoms. The van der Waals surface area contributed by atoms with Crippen molar-refractivity contribution in [2.45, 2.75) is 39.3 Å². The summed E-state index contributed by atoms with van der Waals surface area (Å²) in [6, 6.07) is 14.0. The molecule has 28 heavy (non-hydrogen) atoms. The van der Waals surface area contributed by atoms with Gasteiger partial charge in [0.2, 0.25) is 0 Å². The van der Waals surface area contributed by atoms with E-state index in [0.717, 1.165) is 34.4 Å². The molecule has 2 aromatic carbocycles. The van der Waals surface area contributed by atoms with Crippen LogP contribution in [0, 0.1) is 5.92 Å². The van der Waals surface area contributed by atoms with E-state index >= 15 is 0 Å². The second-order valence-electron chi connectivity index (χ2n) is 7.80. The van der Waals surface area contributed by atoms with Gasteiger partial charge in [0.05, 0.1) is 6.10 Å². The Morgan fingerprint density at radius 3 is 2.64 bits per heavy atom. The van der Waals surface area contributed by atoms with Gasteiger partial charge in [-0.3, -0.25) is 0 Å². The highest BCUT2D eigenvalue weighted by Crippen LogP contribution is 2.46. The molecule has 4 heteroatoms. The second-order valence-corrected chi connectivity index (χ2v) is 8.65. The van der Waals surface area contributed by atoms with Crippen LogP contribution in [0.1, 0.15) is 37.8 Å². The number of hydrogen-bond donors (Lipinski definition) is 0. The van der Waals surface area contributed by atoms with Gasteiger partial charge in [-0.05, 0) is 73.6 Å². The molecule has 2 aromatic rings. The number of ether oxygens (including phenoxy) is 1. The van der Waals surface area contributed by atoms with Gasteiger partial charge < -0.3 is 9.64 Å². The lowest BCUT2D eigenvalue weighted by molar-refractivity contribution is 0.241. The zero-order valence-corrected chi connectivity index (χ0v) is 17.8. The van der Waals surface area contributed by atoms with E-state index in [0.29, 0.717) is 5.92 Å². The molecule has 0 atom stereocenters. The van der Waals surface area contributed by atoms with E-state index < -0.39 is 0 Å². The Labute approximate surface area is 177 Å². The molecule has 4 rings (SSSR count). The van der Waals surface area contributed by atoms with Crippen LogP contribution in [0.25, 0.3) is 5.57 Å². The Hall–Kier alpha value is -1.90. The Morgan fingerprint density at radius 1 is 1.11 bits per heavy atom. The maximum absolute atomic E-state index is 6.38. The predicted octanol–water partition coefficient (Wildman–Crippen LogP) is 6.97. The van der Waals surface area contributed by atoms with Crippen molar-refractivity contribution in [2.75, 3.05) is 6.54 Å². The fraction of sp³-hybridized carbons (Fsp3) is 0.333. The number of hydrogen-bond acceptors (Lipinski definition) is 2. The third kappa shape index (κ3) is 4.39. The van der Waals surface area contributed by atoms with Gasteiger partial charge >= 0.3 is 0 Å². The third-order valence-corrected chi connectivity index (χ3v) is 5.70. The molecule has 1 aliphatic carbocycles. The SMILES string of the molecule is CC(C)Oc1ccccc1C1=CCN(Cc2cc(Cl)ccc2Cl)C=C1C1CC1. The predicted molar refractivity (Wildman–Crippen MR) is 118 cm³/mol. The van der Waals surface area contributed by atoms with Crippen LogP contribution in [-0.2, 0) is 6.54 Å². The average Bonchev–Trinajstić information content (AvgIpc) is 3.50. The molecule has 1 fully saturated rings. The normalized spacial score (nSPS) is 16.8. The van der Waals surface area contributed by atoms with Crippen molar-refractivity contribution in [1.82, 2.24) is 4.90 Å². The highest BCUT2D eigenvalue weighted by molar-refractivity contribution is 6.33. The van der Waals surface area contributed by atoms with E-state index in [1.165, 1.54) is 29.6 Å². The number of nitrogens with zero attached hydrogens (tertiary/aromatic N) is 1. The van der Waals surface area contributed by atoms with Crippen LogP contribution in [0.5, 0.6) is 5.75 Å². The van der Waals surface area contributed by atoms with Crippen LogP contribution in [0.15, 0.2) is 60.3 Å². The zero-order chi connectivity index (χ0) is 19.7. The van der Waals surface area contributed by atoms with E-state index in [1.54, 1.807) is 0 Å². The molecule has 0 bridgehead atoms. The Balaban J connectivity index is 1.62. The maximum atomic E-state index is 6.38. The van der Waals surface area contributed by atoms with Crippen molar-refractivity contribution in [2.24, 2.45) is 5.92 Å². The number of rotatable bonds is 6. The first-order valence-electron chi connectivity index (χ1n) is 9.87. The molecule has 0 amide bonds. The van der Waals surface area contributed by atoms with Crippen molar-refractivity contribution in [3.8, 4) is 5.75 Å². The third-order valence-electron chi connectivity index (χ3n) is 5.10. The molecule has 0 radical (unpaired) electrons. The summed E-state index contributed by atoms with van der Waals surface area (Å²) in [7, 11) is 0. The van der Waals surface area contributed by atoms with Crippen molar-refractivity contribution in [3.05, 3.63) is 81.5 Å². The highest BCUT2D eigenvalue weighted by Gasteiger charge is 2.31. The van der Waals surface area contributed by atoms with Crippen LogP contribution in [-0.4, -0.2) is 17.5 Å². The molecular weight excluding hydrogens is 389 g/mol. The minimum atomic E-state index is 0.153. The van der Waals surface area contributed by atoms with Crippen molar-refractivity contribution >= 4 is 28.8 Å². The lowest BCUT2D eigenvalue weighted by Gasteiger charge is -2.28. The lowest BCUT2D eigenvalue weighted by Crippen LogP contribution is -2.22. The van der Waals surface area contributed by atoms with Gasteiger partial charge in [0, 0.05) is 34.9 Å². The van der Waals surface area contributed by atoms with Gasteiger partial charge in [-0.2, -0.15) is 0 Å². The maximum Gasteiger partial charge on any atom is 0.127 e. The zero-order valence-electron chi connectivity index (χ0n) is 16.3. The quantitative estimate of drug-likeness (QED) is 0.506. The first-order valence-corrected chi connectivity index (χ1v) is 10.6. The van der Waals surface area contributed by atoms with Crippen molar-refractivity contribution < 1.29 is 4.74 Å². The van der Waals surface area contributed by atoms with Crippen LogP contribution in [0.2, 0.25) is 10.0 Å². The van der Waals surface area contributed by atoms with Crippen molar-refractivity contribution in [3.63, 3.8) is 0 Å². The standard InChI is InChI=1S/C24H25Cl2NO/c1-16(2)28-24-6-4-3-5-21(24)20-11-12-27(15-22(20)17-7-8-17)14-18-13-19(25)9-10-23(18)26/h3-6,9-11,13,15-17H,7-8,12,14H2,1-2H3. The Morgan fingerprint density at radius 2 is 1.89 bits per heavy atom. The molecule has 0 unspecified atom stereocenters. The van der Waals surface area contributed by atoms with Crippen LogP contribution >= 0.6 is 23.2 Å². The molecule has 0 N–H and O–H groups in total. The molecule has 2 aliphatic rings. The number of allylic oxidation sites excluding steroid dienone is 2. The van der Waals surface area contributed by atoms with Crippen LogP contribution < -0.4 is 4.74 Å². The lowest BCUT2D eigenvalue weighted by atomic mass is 9.92. The van der Waals surface area contributed by atoms with Crippen molar-refractivity contribution in [1.29, 1.82) is 0 Å². The Bertz CT molecular complexity index is 928. The van der Waals surface area contributed by atoms with E-state index in [9.17, 15) is 0 Å². The fourth-order valence-corrected chi connectivity index (χ4v) is 4.04. The van der Waals surface area contributed by atoms with Gasteiger partial charge in [0.15, 0.2) is 0 Å². The summed E-state index contributed by atoms with van der Waals surface area (Å²) in [5, 5.41) is 1.48. The van der Waals surface area contributed by atoms with Gasteiger partial charge in [0.1, 0.15) is 5.75 Å². The van der Waals surface area contributed by atoms with Crippen LogP contribution in [0.3, 0.4) is 0 Å². The van der Waals surface area contributed by atoms with Gasteiger partial charge in [-0.25, -0.2) is 0 Å². The summed E-state index contributed by atoms with van der Waals surface area (Å²) in [5.41, 5.74) is 4.96. The topological polar surface area (TPSA) is 12.5 Å². The number of halogens is 2. The number of benzene rings is 2. The molecular formula is C24H25Cl2NO. The molecule has 1 saturated carbocycles. The second kappa shape index (κ2) is 8.23. The summed E-state index contributed by atoms with van der Waals surface area (Å²) < 4.78 is 6.08. The van der Waals surface area contributed by atoms with Gasteiger partial charge in [0.25, 0.3) is 0 Å². The van der Waals surface area contributed by atoms with E-state index in [-0.39, 0.29) is 6.10 Å². The molecule has 1 heterocycles. The van der Waals surface area contributed by atoms with E-state index in [2.05, 4.69) is 49.2 Å². The fourth-order valence-electron chi connectivity index (χ4n) is 3.67. The molecule has 2 nitrogen and oxygen atoms in total. The van der Waals surface area contributed by atoms with Gasteiger partial charge in [-0.1, -0.05) is 47.5 Å². The Kier molecular flexibility index (Phi) is 5.70. The summed E-state index contributed by atoms with van der Waals surface area (Å²) in [5.74, 6) is 1.60. The molecule has 0 aromatic heterocycles. The van der Waals surface area contributed by atoms with Gasteiger partial charge in [-0.15, -0.1) is 0 Å². The molecule has 0 saturated heterocycles. The monoisotopic (exact) mass is 413 g/mol. The average molecular weight is 414 g/mol. The van der Waals surface area contributed by atoms with E-state index in [1.807, 2.05) is 24.3 Å². The minimum Gasteiger partial charge on any atom is -0.490 e. The largest absolute Gasteiger partial charge is 0.490 e. The summed E-state index contributed by atoms with van der Waals surface area (Å²) >= 11 is 12.5. The molecule has 146 valence electrons. The number of para-hydroxylation sites is 1. The first-order chi connectivity index (χ1) is 13.5. The first kappa shape index (κ1) is 19.4. The summed E-state index contributed by atoms with van der Waals surface area (Å²) in [6.45, 7) is 5.73. The summed E-state index contributed by atoms with van der Waals surface area (Å²) in [4.78, 5) is 2.32. The highest BCUT2D eigenvalue weighted by atomic mass is 35.5. The molecule has 1 aliphatic heterocycles.